The van der Waals surface area contributed by atoms with Gasteiger partial charge in [0, 0.05) is 26.2 Å². The van der Waals surface area contributed by atoms with E-state index in [1.54, 1.807) is 11.0 Å². The number of anilines is 1. The number of amides is 2. The zero-order chi connectivity index (χ0) is 25.2. The number of hydrogen-bond donors (Lipinski definition) is 1. The van der Waals surface area contributed by atoms with Crippen molar-refractivity contribution in [3.63, 3.8) is 0 Å². The zero-order valence-electron chi connectivity index (χ0n) is 20.9. The first-order chi connectivity index (χ1) is 17.4. The highest BCUT2D eigenvalue weighted by atomic mass is 16.6. The summed E-state index contributed by atoms with van der Waals surface area (Å²) in [6.45, 7) is 8.66. The monoisotopic (exact) mass is 489 g/mol. The van der Waals surface area contributed by atoms with Crippen LogP contribution in [0, 0.1) is 20.8 Å². The maximum absolute atomic E-state index is 13.0. The van der Waals surface area contributed by atoms with Gasteiger partial charge in [0.2, 0.25) is 12.0 Å². The Balaban J connectivity index is 1.14. The van der Waals surface area contributed by atoms with Gasteiger partial charge >= 0.3 is 0 Å². The van der Waals surface area contributed by atoms with Gasteiger partial charge in [-0.2, -0.15) is 5.10 Å². The second kappa shape index (κ2) is 10.0. The Labute approximate surface area is 210 Å². The summed E-state index contributed by atoms with van der Waals surface area (Å²) in [5.41, 5.74) is 4.53. The molecule has 2 amide bonds. The molecular weight excluding hydrogens is 458 g/mol. The highest BCUT2D eigenvalue weighted by Gasteiger charge is 2.33. The third kappa shape index (κ3) is 4.92. The molecule has 1 atom stereocenters. The second-order valence-electron chi connectivity index (χ2n) is 9.31. The lowest BCUT2D eigenvalue weighted by atomic mass is 10.2. The summed E-state index contributed by atoms with van der Waals surface area (Å²) in [6, 6.07) is 15.5. The summed E-state index contributed by atoms with van der Waals surface area (Å²) in [5, 5.41) is 7.66. The van der Waals surface area contributed by atoms with Crippen LogP contribution in [0.5, 0.6) is 11.5 Å². The van der Waals surface area contributed by atoms with Crippen LogP contribution in [-0.2, 0) is 9.59 Å². The number of carbonyl (C=O) groups is 2. The fraction of sp³-hybridized carbons (Fsp3) is 0.370. The molecule has 0 bridgehead atoms. The molecule has 0 unspecified atom stereocenters. The topological polar surface area (TPSA) is 88.9 Å². The highest BCUT2D eigenvalue weighted by molar-refractivity contribution is 5.93. The molecule has 1 fully saturated rings. The van der Waals surface area contributed by atoms with Gasteiger partial charge in [-0.1, -0.05) is 29.8 Å². The number of ether oxygens (including phenoxy) is 2. The van der Waals surface area contributed by atoms with Crippen LogP contribution >= 0.6 is 0 Å². The Morgan fingerprint density at radius 1 is 0.972 bits per heavy atom. The van der Waals surface area contributed by atoms with E-state index in [-0.39, 0.29) is 25.0 Å². The molecule has 1 N–H and O–H groups in total. The van der Waals surface area contributed by atoms with Crippen LogP contribution in [0.15, 0.2) is 48.5 Å². The average Bonchev–Trinajstić information content (AvgIpc) is 3.17. The summed E-state index contributed by atoms with van der Waals surface area (Å²) in [5.74, 6) is 1.08. The van der Waals surface area contributed by atoms with Crippen LogP contribution in [0.3, 0.4) is 0 Å². The molecule has 9 heteroatoms. The van der Waals surface area contributed by atoms with Gasteiger partial charge in [0.15, 0.2) is 11.5 Å². The molecule has 5 rings (SSSR count). The molecule has 2 aliphatic rings. The van der Waals surface area contributed by atoms with Gasteiger partial charge in [-0.3, -0.25) is 14.5 Å². The molecule has 3 aromatic rings. The minimum atomic E-state index is -0.647. The molecule has 9 nitrogen and oxygen atoms in total. The van der Waals surface area contributed by atoms with Crippen molar-refractivity contribution in [1.82, 2.24) is 19.6 Å². The van der Waals surface area contributed by atoms with Crippen molar-refractivity contribution in [2.45, 2.75) is 26.9 Å². The Morgan fingerprint density at radius 2 is 1.67 bits per heavy atom. The normalized spacial score (nSPS) is 17.6. The molecule has 0 saturated carbocycles. The first-order valence-electron chi connectivity index (χ1n) is 12.2. The third-order valence-electron chi connectivity index (χ3n) is 6.67. The first-order valence-corrected chi connectivity index (χ1v) is 12.2. The Bertz CT molecular complexity index is 1260. The number of benzene rings is 2. The number of carbonyl (C=O) groups excluding carboxylic acids is 2. The summed E-state index contributed by atoms with van der Waals surface area (Å²) in [4.78, 5) is 29.7. The Kier molecular flexibility index (Phi) is 6.65. The molecule has 2 aliphatic heterocycles. The van der Waals surface area contributed by atoms with E-state index in [1.807, 2.05) is 67.9 Å². The van der Waals surface area contributed by atoms with Gasteiger partial charge in [0.05, 0.1) is 29.3 Å². The van der Waals surface area contributed by atoms with Gasteiger partial charge < -0.3 is 19.7 Å². The molecule has 2 aromatic carbocycles. The number of nitrogens with one attached hydrogen (secondary N) is 1. The van der Waals surface area contributed by atoms with Gasteiger partial charge in [-0.25, -0.2) is 4.68 Å². The number of aromatic nitrogens is 2. The first kappa shape index (κ1) is 23.9. The van der Waals surface area contributed by atoms with Crippen LogP contribution < -0.4 is 14.8 Å². The predicted octanol–water partition coefficient (Wildman–Crippen LogP) is 2.72. The van der Waals surface area contributed by atoms with Crippen molar-refractivity contribution in [3.8, 4) is 17.2 Å². The molecule has 1 aromatic heterocycles. The van der Waals surface area contributed by atoms with Crippen molar-refractivity contribution < 1.29 is 19.1 Å². The lowest BCUT2D eigenvalue weighted by Crippen LogP contribution is -2.54. The second-order valence-corrected chi connectivity index (χ2v) is 9.31. The average molecular weight is 490 g/mol. The smallest absolute Gasteiger partial charge is 0.267 e. The van der Waals surface area contributed by atoms with E-state index in [0.29, 0.717) is 37.7 Å². The van der Waals surface area contributed by atoms with Crippen molar-refractivity contribution in [3.05, 3.63) is 65.5 Å². The van der Waals surface area contributed by atoms with E-state index in [9.17, 15) is 9.59 Å². The molecule has 1 saturated heterocycles. The van der Waals surface area contributed by atoms with Crippen LogP contribution in [0.1, 0.15) is 17.0 Å². The lowest BCUT2D eigenvalue weighted by molar-refractivity contribution is -0.143. The molecule has 36 heavy (non-hydrogen) atoms. The maximum Gasteiger partial charge on any atom is 0.267 e. The number of rotatable bonds is 5. The van der Waals surface area contributed by atoms with Gasteiger partial charge in [-0.05, 0) is 45.0 Å². The molecule has 0 radical (unpaired) electrons. The maximum atomic E-state index is 13.0. The fourth-order valence-electron chi connectivity index (χ4n) is 4.61. The summed E-state index contributed by atoms with van der Waals surface area (Å²) in [6.07, 6.45) is -0.647. The van der Waals surface area contributed by atoms with E-state index < -0.39 is 6.10 Å². The van der Waals surface area contributed by atoms with Gasteiger partial charge in [0.1, 0.15) is 6.61 Å². The number of fused-ring (bicyclic) bond motifs is 1. The molecule has 3 heterocycles. The van der Waals surface area contributed by atoms with E-state index in [2.05, 4.69) is 15.3 Å². The number of nitrogens with zero attached hydrogens (tertiary/aromatic N) is 4. The van der Waals surface area contributed by atoms with Crippen molar-refractivity contribution in [1.29, 1.82) is 0 Å². The van der Waals surface area contributed by atoms with E-state index in [4.69, 9.17) is 9.47 Å². The minimum absolute atomic E-state index is 0.0802. The van der Waals surface area contributed by atoms with Crippen molar-refractivity contribution >= 4 is 17.5 Å². The number of piperazine rings is 1. The fourth-order valence-corrected chi connectivity index (χ4v) is 4.61. The van der Waals surface area contributed by atoms with Crippen molar-refractivity contribution in [2.24, 2.45) is 0 Å². The number of hydrogen-bond acceptors (Lipinski definition) is 6. The van der Waals surface area contributed by atoms with Crippen LogP contribution in [0.25, 0.3) is 5.69 Å². The van der Waals surface area contributed by atoms with Gasteiger partial charge in [0.25, 0.3) is 5.91 Å². The van der Waals surface area contributed by atoms with Crippen LogP contribution in [0.4, 0.5) is 5.69 Å². The minimum Gasteiger partial charge on any atom is -0.485 e. The summed E-state index contributed by atoms with van der Waals surface area (Å²) < 4.78 is 13.4. The largest absolute Gasteiger partial charge is 0.485 e. The number of para-hydroxylation sites is 2. The molecule has 0 spiro atoms. The predicted molar refractivity (Wildman–Crippen MR) is 136 cm³/mol. The van der Waals surface area contributed by atoms with E-state index in [0.717, 1.165) is 22.8 Å². The molecule has 0 aliphatic carbocycles. The summed E-state index contributed by atoms with van der Waals surface area (Å²) in [7, 11) is 0. The third-order valence-corrected chi connectivity index (χ3v) is 6.67. The van der Waals surface area contributed by atoms with Gasteiger partial charge in [-0.15, -0.1) is 0 Å². The van der Waals surface area contributed by atoms with E-state index >= 15 is 0 Å². The van der Waals surface area contributed by atoms with Crippen LogP contribution in [0.2, 0.25) is 0 Å². The SMILES string of the molecule is Cc1ccc(-n2nc(C)c(NC(=O)CN3CCN(C(=O)[C@H]4COc5ccccc5O4)CC3)c2C)cc1. The zero-order valence-corrected chi connectivity index (χ0v) is 20.9. The van der Waals surface area contributed by atoms with Crippen molar-refractivity contribution in [2.75, 3.05) is 44.6 Å². The Morgan fingerprint density at radius 3 is 2.39 bits per heavy atom. The summed E-state index contributed by atoms with van der Waals surface area (Å²) >= 11 is 0. The van der Waals surface area contributed by atoms with E-state index in [1.165, 1.54) is 5.56 Å². The molecule has 188 valence electrons. The molecular formula is C27H31N5O4. The quantitative estimate of drug-likeness (QED) is 0.593. The Hall–Kier alpha value is -3.85. The lowest BCUT2D eigenvalue weighted by Gasteiger charge is -2.36. The highest BCUT2D eigenvalue weighted by Crippen LogP contribution is 2.31. The number of aryl methyl sites for hydroxylation is 2. The standard InChI is InChI=1S/C27H31N5O4/c1-18-8-10-21(11-9-18)32-20(3)26(19(2)29-32)28-25(33)16-30-12-14-31(15-13-30)27(34)24-17-35-22-6-4-5-7-23(22)36-24/h4-11,24H,12-17H2,1-3H3,(H,28,33)/t24-/m1/s1. The van der Waals surface area contributed by atoms with Crippen LogP contribution in [-0.4, -0.2) is 76.8 Å².